The second-order valence-corrected chi connectivity index (χ2v) is 6.29. The van der Waals surface area contributed by atoms with Crippen molar-refractivity contribution >= 4 is 38.8 Å². The molecule has 0 saturated heterocycles. The largest absolute Gasteiger partial charge is 0.481 e. The van der Waals surface area contributed by atoms with Gasteiger partial charge in [0, 0.05) is 21.5 Å². The Bertz CT molecular complexity index is 731. The van der Waals surface area contributed by atoms with E-state index >= 15 is 0 Å². The molecule has 6 heteroatoms. The van der Waals surface area contributed by atoms with Gasteiger partial charge in [0.15, 0.2) is 5.76 Å². The second kappa shape index (κ2) is 5.18. The number of carbonyl (C=O) groups is 2. The molecular formula is C15H14BrNO4. The number of carboxylic acid groups (broad SMARTS) is 1. The molecule has 1 aromatic heterocycles. The molecule has 1 heterocycles. The molecular weight excluding hydrogens is 338 g/mol. The Balaban J connectivity index is 1.76. The fourth-order valence-corrected chi connectivity index (χ4v) is 2.96. The molecule has 5 nitrogen and oxygen atoms in total. The molecule has 3 rings (SSSR count). The molecule has 0 unspecified atom stereocenters. The quantitative estimate of drug-likeness (QED) is 0.890. The van der Waals surface area contributed by atoms with Gasteiger partial charge in [0.1, 0.15) is 5.58 Å². The third kappa shape index (κ3) is 2.55. The van der Waals surface area contributed by atoms with Crippen molar-refractivity contribution in [2.75, 3.05) is 0 Å². The number of amides is 1. The highest BCUT2D eigenvalue weighted by atomic mass is 79.9. The lowest BCUT2D eigenvalue weighted by Crippen LogP contribution is -2.46. The van der Waals surface area contributed by atoms with E-state index in [9.17, 15) is 9.59 Å². The molecule has 2 N–H and O–H groups in total. The molecule has 21 heavy (non-hydrogen) atoms. The van der Waals surface area contributed by atoms with Gasteiger partial charge in [0.05, 0.1) is 5.92 Å². The summed E-state index contributed by atoms with van der Waals surface area (Å²) in [6.07, 6.45) is 0.956. The van der Waals surface area contributed by atoms with E-state index in [2.05, 4.69) is 21.2 Å². The molecule has 0 bridgehead atoms. The van der Waals surface area contributed by atoms with E-state index in [0.717, 1.165) is 15.4 Å². The Morgan fingerprint density at radius 2 is 2.10 bits per heavy atom. The maximum absolute atomic E-state index is 12.2. The van der Waals surface area contributed by atoms with Crippen LogP contribution in [-0.2, 0) is 4.79 Å². The molecule has 0 aliphatic heterocycles. The van der Waals surface area contributed by atoms with E-state index in [4.69, 9.17) is 9.52 Å². The minimum absolute atomic E-state index is 0.0852. The third-order valence-corrected chi connectivity index (χ3v) is 4.42. The molecule has 1 aliphatic rings. The summed E-state index contributed by atoms with van der Waals surface area (Å²) in [5.74, 6) is -1.14. The molecule has 2 aromatic rings. The van der Waals surface area contributed by atoms with Gasteiger partial charge in [-0.3, -0.25) is 9.59 Å². The molecule has 0 radical (unpaired) electrons. The number of nitrogens with one attached hydrogen (secondary N) is 1. The van der Waals surface area contributed by atoms with Crippen LogP contribution < -0.4 is 5.32 Å². The van der Waals surface area contributed by atoms with Crippen LogP contribution in [0, 0.1) is 12.8 Å². The van der Waals surface area contributed by atoms with Crippen LogP contribution in [0.25, 0.3) is 11.0 Å². The molecule has 1 amide bonds. The zero-order valence-corrected chi connectivity index (χ0v) is 12.9. The lowest BCUT2D eigenvalue weighted by atomic mass is 9.80. The maximum atomic E-state index is 12.2. The fourth-order valence-electron chi connectivity index (χ4n) is 2.60. The summed E-state index contributed by atoms with van der Waals surface area (Å²) in [5, 5.41) is 12.6. The first-order chi connectivity index (χ1) is 9.95. The van der Waals surface area contributed by atoms with Crippen LogP contribution in [0.5, 0.6) is 0 Å². The lowest BCUT2D eigenvalue weighted by molar-refractivity contribution is -0.145. The van der Waals surface area contributed by atoms with E-state index in [1.807, 2.05) is 25.1 Å². The number of benzene rings is 1. The van der Waals surface area contributed by atoms with Crippen LogP contribution in [-0.4, -0.2) is 23.0 Å². The number of carbonyl (C=O) groups excluding carboxylic acids is 1. The summed E-state index contributed by atoms with van der Waals surface area (Å²) in [6.45, 7) is 1.84. The Kier molecular flexibility index (Phi) is 3.49. The first-order valence-corrected chi connectivity index (χ1v) is 7.47. The minimum Gasteiger partial charge on any atom is -0.481 e. The average Bonchev–Trinajstić information content (AvgIpc) is 2.70. The number of hydrogen-bond acceptors (Lipinski definition) is 3. The molecule has 110 valence electrons. The fraction of sp³-hybridized carbons (Fsp3) is 0.333. The third-order valence-electron chi connectivity index (χ3n) is 3.93. The summed E-state index contributed by atoms with van der Waals surface area (Å²) < 4.78 is 6.54. The van der Waals surface area contributed by atoms with Crippen molar-refractivity contribution in [2.24, 2.45) is 5.92 Å². The molecule has 0 spiro atoms. The first-order valence-electron chi connectivity index (χ1n) is 6.68. The van der Waals surface area contributed by atoms with E-state index in [1.54, 1.807) is 0 Å². The number of hydrogen-bond donors (Lipinski definition) is 2. The number of halogens is 1. The predicted octanol–water partition coefficient (Wildman–Crippen LogP) is 3.10. The van der Waals surface area contributed by atoms with Crippen molar-refractivity contribution in [3.63, 3.8) is 0 Å². The van der Waals surface area contributed by atoms with Crippen LogP contribution in [0.1, 0.15) is 29.0 Å². The average molecular weight is 352 g/mol. The molecule has 1 aromatic carbocycles. The Hall–Kier alpha value is -1.82. The predicted molar refractivity (Wildman–Crippen MR) is 80.3 cm³/mol. The van der Waals surface area contributed by atoms with Crippen molar-refractivity contribution in [1.29, 1.82) is 0 Å². The van der Waals surface area contributed by atoms with Gasteiger partial charge >= 0.3 is 5.97 Å². The van der Waals surface area contributed by atoms with Crippen LogP contribution in [0.15, 0.2) is 27.1 Å². The van der Waals surface area contributed by atoms with Gasteiger partial charge in [-0.15, -0.1) is 0 Å². The van der Waals surface area contributed by atoms with Crippen molar-refractivity contribution in [3.8, 4) is 0 Å². The van der Waals surface area contributed by atoms with E-state index < -0.39 is 5.97 Å². The zero-order valence-electron chi connectivity index (χ0n) is 11.4. The highest BCUT2D eigenvalue weighted by molar-refractivity contribution is 9.10. The summed E-state index contributed by atoms with van der Waals surface area (Å²) in [6, 6.07) is 5.50. The van der Waals surface area contributed by atoms with Gasteiger partial charge in [-0.25, -0.2) is 0 Å². The number of aryl methyl sites for hydroxylation is 1. The Morgan fingerprint density at radius 1 is 1.38 bits per heavy atom. The number of rotatable bonds is 3. The molecule has 1 aliphatic carbocycles. The van der Waals surface area contributed by atoms with E-state index in [1.165, 1.54) is 0 Å². The van der Waals surface area contributed by atoms with Crippen molar-refractivity contribution < 1.29 is 19.1 Å². The summed E-state index contributed by atoms with van der Waals surface area (Å²) in [5.41, 5.74) is 1.45. The smallest absolute Gasteiger partial charge is 0.306 e. The normalized spacial score (nSPS) is 21.0. The van der Waals surface area contributed by atoms with Crippen molar-refractivity contribution in [2.45, 2.75) is 25.8 Å². The Labute approximate surface area is 129 Å². The van der Waals surface area contributed by atoms with Gasteiger partial charge in [0.25, 0.3) is 5.91 Å². The van der Waals surface area contributed by atoms with Gasteiger partial charge in [-0.2, -0.15) is 0 Å². The minimum atomic E-state index is -0.801. The van der Waals surface area contributed by atoms with Gasteiger partial charge in [-0.05, 0) is 38.0 Å². The highest BCUT2D eigenvalue weighted by Crippen LogP contribution is 2.30. The van der Waals surface area contributed by atoms with Crippen LogP contribution in [0.4, 0.5) is 0 Å². The summed E-state index contributed by atoms with van der Waals surface area (Å²) in [7, 11) is 0. The first kappa shape index (κ1) is 14.1. The molecule has 1 fully saturated rings. The van der Waals surface area contributed by atoms with E-state index in [-0.39, 0.29) is 17.9 Å². The van der Waals surface area contributed by atoms with Crippen molar-refractivity contribution in [3.05, 3.63) is 34.0 Å². The van der Waals surface area contributed by atoms with Crippen LogP contribution in [0.3, 0.4) is 0 Å². The second-order valence-electron chi connectivity index (χ2n) is 5.37. The van der Waals surface area contributed by atoms with Crippen molar-refractivity contribution in [1.82, 2.24) is 5.32 Å². The topological polar surface area (TPSA) is 79.5 Å². The van der Waals surface area contributed by atoms with Crippen LogP contribution in [0.2, 0.25) is 0 Å². The highest BCUT2D eigenvalue weighted by Gasteiger charge is 2.36. The molecule has 0 atom stereocenters. The van der Waals surface area contributed by atoms with Gasteiger partial charge in [0.2, 0.25) is 0 Å². The van der Waals surface area contributed by atoms with Gasteiger partial charge < -0.3 is 14.8 Å². The summed E-state index contributed by atoms with van der Waals surface area (Å²) >= 11 is 3.40. The van der Waals surface area contributed by atoms with Crippen LogP contribution >= 0.6 is 15.9 Å². The maximum Gasteiger partial charge on any atom is 0.306 e. The van der Waals surface area contributed by atoms with E-state index in [0.29, 0.717) is 24.2 Å². The number of fused-ring (bicyclic) bond motifs is 1. The lowest BCUT2D eigenvalue weighted by Gasteiger charge is -2.32. The number of carboxylic acids is 1. The SMILES string of the molecule is Cc1c(C(=O)NC2CC(C(=O)O)C2)oc2ccc(Br)cc12. The number of aliphatic carboxylic acids is 1. The summed E-state index contributed by atoms with van der Waals surface area (Å²) in [4.78, 5) is 23.0. The zero-order chi connectivity index (χ0) is 15.1. The number of furan rings is 1. The standard InChI is InChI=1S/C15H14BrNO4/c1-7-11-6-9(16)2-3-12(11)21-13(7)14(18)17-10-4-8(5-10)15(19)20/h2-3,6,8,10H,4-5H2,1H3,(H,17,18)(H,19,20). The molecule has 1 saturated carbocycles. The Morgan fingerprint density at radius 3 is 2.76 bits per heavy atom. The van der Waals surface area contributed by atoms with Gasteiger partial charge in [-0.1, -0.05) is 15.9 Å². The monoisotopic (exact) mass is 351 g/mol.